The number of unbranched alkanes of at least 4 members (excludes halogenated alkanes) is 1. The summed E-state index contributed by atoms with van der Waals surface area (Å²) in [4.78, 5) is 0. The van der Waals surface area contributed by atoms with Crippen molar-refractivity contribution in [1.29, 1.82) is 0 Å². The SMILES string of the molecule is C=C1NC(=C)C2=C(N1)C(CCCC)CC2=C. The molecule has 2 heteroatoms. The van der Waals surface area contributed by atoms with Gasteiger partial charge >= 0.3 is 0 Å². The van der Waals surface area contributed by atoms with Crippen molar-refractivity contribution in [2.75, 3.05) is 0 Å². The number of rotatable bonds is 3. The Morgan fingerprint density at radius 2 is 2.00 bits per heavy atom. The Kier molecular flexibility index (Phi) is 2.90. The van der Waals surface area contributed by atoms with Gasteiger partial charge in [0.2, 0.25) is 0 Å². The van der Waals surface area contributed by atoms with Crippen LogP contribution in [0.15, 0.2) is 48.1 Å². The van der Waals surface area contributed by atoms with E-state index in [-0.39, 0.29) is 0 Å². The van der Waals surface area contributed by atoms with Crippen LogP contribution in [-0.4, -0.2) is 0 Å². The predicted octanol–water partition coefficient (Wildman–Crippen LogP) is 3.18. The Morgan fingerprint density at radius 3 is 2.69 bits per heavy atom. The zero-order valence-electron chi connectivity index (χ0n) is 10.0. The first-order chi connectivity index (χ1) is 7.63. The molecule has 1 aliphatic carbocycles. The molecule has 1 heterocycles. The fourth-order valence-electron chi connectivity index (χ4n) is 2.57. The quantitative estimate of drug-likeness (QED) is 0.757. The van der Waals surface area contributed by atoms with Gasteiger partial charge in [-0.3, -0.25) is 0 Å². The van der Waals surface area contributed by atoms with Crippen LogP contribution < -0.4 is 10.6 Å². The summed E-state index contributed by atoms with van der Waals surface area (Å²) < 4.78 is 0. The minimum Gasteiger partial charge on any atom is -0.345 e. The Balaban J connectivity index is 2.24. The number of hydrogen-bond donors (Lipinski definition) is 2. The van der Waals surface area contributed by atoms with Gasteiger partial charge in [0.25, 0.3) is 0 Å². The van der Waals surface area contributed by atoms with E-state index in [1.54, 1.807) is 0 Å². The van der Waals surface area contributed by atoms with E-state index < -0.39 is 0 Å². The Hall–Kier alpha value is -1.44. The van der Waals surface area contributed by atoms with Crippen LogP contribution in [0, 0.1) is 5.92 Å². The Morgan fingerprint density at radius 1 is 1.25 bits per heavy atom. The molecular formula is C14H20N2. The fraction of sp³-hybridized carbons (Fsp3) is 0.429. The molecule has 0 saturated carbocycles. The summed E-state index contributed by atoms with van der Waals surface area (Å²) in [6, 6.07) is 0. The molecule has 2 N–H and O–H groups in total. The zero-order chi connectivity index (χ0) is 11.7. The van der Waals surface area contributed by atoms with E-state index in [1.807, 2.05) is 0 Å². The van der Waals surface area contributed by atoms with Crippen molar-refractivity contribution >= 4 is 0 Å². The highest BCUT2D eigenvalue weighted by Gasteiger charge is 2.32. The summed E-state index contributed by atoms with van der Waals surface area (Å²) >= 11 is 0. The van der Waals surface area contributed by atoms with Crippen LogP contribution >= 0.6 is 0 Å². The van der Waals surface area contributed by atoms with Gasteiger partial charge in [-0.05, 0) is 18.4 Å². The lowest BCUT2D eigenvalue weighted by molar-refractivity contribution is 0.519. The standard InChI is InChI=1S/C14H20N2/c1-5-6-7-12-8-9(2)13-10(3)15-11(4)16-14(12)13/h12,15-16H,2-8H2,1H3. The summed E-state index contributed by atoms with van der Waals surface area (Å²) in [7, 11) is 0. The van der Waals surface area contributed by atoms with E-state index in [0.29, 0.717) is 5.92 Å². The summed E-state index contributed by atoms with van der Waals surface area (Å²) in [5, 5.41) is 6.49. The van der Waals surface area contributed by atoms with Gasteiger partial charge in [0.15, 0.2) is 0 Å². The van der Waals surface area contributed by atoms with Crippen molar-refractivity contribution in [3.63, 3.8) is 0 Å². The lowest BCUT2D eigenvalue weighted by Gasteiger charge is -2.25. The lowest BCUT2D eigenvalue weighted by Crippen LogP contribution is -2.32. The number of allylic oxidation sites excluding steroid dienone is 2. The molecular weight excluding hydrogens is 196 g/mol. The molecule has 0 spiro atoms. The molecule has 1 unspecified atom stereocenters. The van der Waals surface area contributed by atoms with E-state index in [2.05, 4.69) is 37.3 Å². The van der Waals surface area contributed by atoms with Crippen LogP contribution in [0.1, 0.15) is 32.6 Å². The van der Waals surface area contributed by atoms with Crippen LogP contribution in [0.2, 0.25) is 0 Å². The highest BCUT2D eigenvalue weighted by molar-refractivity contribution is 5.55. The molecule has 2 aliphatic rings. The third-order valence-corrected chi connectivity index (χ3v) is 3.32. The monoisotopic (exact) mass is 216 g/mol. The van der Waals surface area contributed by atoms with E-state index in [0.717, 1.165) is 17.9 Å². The molecule has 86 valence electrons. The first-order valence-electron chi connectivity index (χ1n) is 5.98. The maximum atomic E-state index is 4.14. The normalized spacial score (nSPS) is 24.3. The van der Waals surface area contributed by atoms with Crippen molar-refractivity contribution < 1.29 is 0 Å². The van der Waals surface area contributed by atoms with Gasteiger partial charge in [0.1, 0.15) is 0 Å². The molecule has 0 aromatic carbocycles. The molecule has 2 rings (SSSR count). The average Bonchev–Trinajstić information content (AvgIpc) is 2.52. The second-order valence-electron chi connectivity index (χ2n) is 4.64. The second kappa shape index (κ2) is 4.20. The van der Waals surface area contributed by atoms with Crippen molar-refractivity contribution in [3.8, 4) is 0 Å². The zero-order valence-corrected chi connectivity index (χ0v) is 10.0. The first kappa shape index (κ1) is 11.1. The first-order valence-corrected chi connectivity index (χ1v) is 5.98. The molecule has 0 amide bonds. The Bertz CT molecular complexity index is 388. The third-order valence-electron chi connectivity index (χ3n) is 3.32. The van der Waals surface area contributed by atoms with Gasteiger partial charge in [-0.2, -0.15) is 0 Å². The summed E-state index contributed by atoms with van der Waals surface area (Å²) in [5.74, 6) is 1.41. The van der Waals surface area contributed by atoms with Crippen molar-refractivity contribution in [2.45, 2.75) is 32.6 Å². The molecule has 0 radical (unpaired) electrons. The Labute approximate surface area is 97.8 Å². The number of hydrogen-bond acceptors (Lipinski definition) is 2. The van der Waals surface area contributed by atoms with Gasteiger partial charge in [0.05, 0.1) is 5.82 Å². The highest BCUT2D eigenvalue weighted by atomic mass is 15.1. The van der Waals surface area contributed by atoms with Crippen molar-refractivity contribution in [1.82, 2.24) is 10.6 Å². The summed E-state index contributed by atoms with van der Waals surface area (Å²) in [5.41, 5.74) is 4.64. The van der Waals surface area contributed by atoms with Gasteiger partial charge in [-0.1, -0.05) is 39.5 Å². The van der Waals surface area contributed by atoms with Crippen LogP contribution in [0.3, 0.4) is 0 Å². The van der Waals surface area contributed by atoms with E-state index in [4.69, 9.17) is 0 Å². The minimum atomic E-state index is 0.582. The highest BCUT2D eigenvalue weighted by Crippen LogP contribution is 2.41. The smallest absolute Gasteiger partial charge is 0.0999 e. The molecule has 16 heavy (non-hydrogen) atoms. The van der Waals surface area contributed by atoms with Gasteiger partial charge in [-0.25, -0.2) is 0 Å². The topological polar surface area (TPSA) is 24.1 Å². The maximum Gasteiger partial charge on any atom is 0.0999 e. The van der Waals surface area contributed by atoms with Crippen LogP contribution in [0.5, 0.6) is 0 Å². The predicted molar refractivity (Wildman–Crippen MR) is 68.3 cm³/mol. The molecule has 0 aromatic rings. The molecule has 0 bridgehead atoms. The van der Waals surface area contributed by atoms with Crippen molar-refractivity contribution in [3.05, 3.63) is 48.1 Å². The maximum absolute atomic E-state index is 4.14. The van der Waals surface area contributed by atoms with Gasteiger partial charge in [0, 0.05) is 22.9 Å². The van der Waals surface area contributed by atoms with E-state index in [1.165, 1.54) is 36.1 Å². The summed E-state index contributed by atoms with van der Waals surface area (Å²) in [6.45, 7) is 14.3. The lowest BCUT2D eigenvalue weighted by atomic mass is 9.98. The molecule has 2 nitrogen and oxygen atoms in total. The molecule has 1 aliphatic heterocycles. The molecule has 1 atom stereocenters. The van der Waals surface area contributed by atoms with Crippen LogP contribution in [0.4, 0.5) is 0 Å². The fourth-order valence-corrected chi connectivity index (χ4v) is 2.57. The van der Waals surface area contributed by atoms with Crippen LogP contribution in [-0.2, 0) is 0 Å². The number of nitrogens with one attached hydrogen (secondary N) is 2. The van der Waals surface area contributed by atoms with Crippen LogP contribution in [0.25, 0.3) is 0 Å². The average molecular weight is 216 g/mol. The van der Waals surface area contributed by atoms with Crippen molar-refractivity contribution in [2.24, 2.45) is 5.92 Å². The second-order valence-corrected chi connectivity index (χ2v) is 4.64. The largest absolute Gasteiger partial charge is 0.345 e. The van der Waals surface area contributed by atoms with E-state index in [9.17, 15) is 0 Å². The minimum absolute atomic E-state index is 0.582. The third kappa shape index (κ3) is 1.80. The molecule has 0 fully saturated rings. The van der Waals surface area contributed by atoms with Gasteiger partial charge in [-0.15, -0.1) is 0 Å². The van der Waals surface area contributed by atoms with E-state index >= 15 is 0 Å². The summed E-state index contributed by atoms with van der Waals surface area (Å²) in [6.07, 6.45) is 4.79. The molecule has 0 saturated heterocycles. The molecule has 0 aromatic heterocycles. The van der Waals surface area contributed by atoms with Gasteiger partial charge < -0.3 is 10.6 Å².